The molecular formula is C18H25N5O3. The van der Waals surface area contributed by atoms with Gasteiger partial charge >= 0.3 is 5.97 Å². The van der Waals surface area contributed by atoms with Crippen LogP contribution < -0.4 is 5.32 Å². The maximum Gasteiger partial charge on any atom is 0.339 e. The fourth-order valence-electron chi connectivity index (χ4n) is 3.98. The number of morpholine rings is 1. The molecule has 0 saturated carbocycles. The second-order valence-electron chi connectivity index (χ2n) is 7.07. The molecule has 2 saturated heterocycles. The van der Waals surface area contributed by atoms with E-state index >= 15 is 0 Å². The van der Waals surface area contributed by atoms with Crippen molar-refractivity contribution >= 4 is 23.1 Å². The summed E-state index contributed by atoms with van der Waals surface area (Å²) < 4.78 is 12.6. The zero-order valence-electron chi connectivity index (χ0n) is 15.4. The molecule has 0 spiro atoms. The van der Waals surface area contributed by atoms with Gasteiger partial charge in [-0.2, -0.15) is 0 Å². The van der Waals surface area contributed by atoms with Crippen molar-refractivity contribution in [2.45, 2.75) is 45.0 Å². The Morgan fingerprint density at radius 1 is 1.46 bits per heavy atom. The Kier molecular flexibility index (Phi) is 4.54. The van der Waals surface area contributed by atoms with Crippen LogP contribution in [0.1, 0.15) is 30.6 Å². The van der Waals surface area contributed by atoms with Crippen molar-refractivity contribution in [2.24, 2.45) is 0 Å². The van der Waals surface area contributed by atoms with Crippen LogP contribution in [0.15, 0.2) is 12.3 Å². The van der Waals surface area contributed by atoms with E-state index in [9.17, 15) is 4.79 Å². The summed E-state index contributed by atoms with van der Waals surface area (Å²) in [4.78, 5) is 23.4. The van der Waals surface area contributed by atoms with E-state index in [0.717, 1.165) is 44.3 Å². The van der Waals surface area contributed by atoms with Gasteiger partial charge in [0.2, 0.25) is 5.95 Å². The minimum atomic E-state index is -0.401. The molecule has 8 nitrogen and oxygen atoms in total. The Labute approximate surface area is 152 Å². The van der Waals surface area contributed by atoms with Gasteiger partial charge in [-0.15, -0.1) is 0 Å². The predicted octanol–water partition coefficient (Wildman–Crippen LogP) is 1.51. The molecule has 0 aliphatic carbocycles. The number of carbonyl (C=O) groups excluding carboxylic acids is 1. The van der Waals surface area contributed by atoms with Crippen LogP contribution >= 0.6 is 0 Å². The minimum absolute atomic E-state index is 0.297. The Bertz CT molecular complexity index is 821. The summed E-state index contributed by atoms with van der Waals surface area (Å²) in [5.74, 6) is 0.401. The lowest BCUT2D eigenvalue weighted by Crippen LogP contribution is -2.45. The van der Waals surface area contributed by atoms with Crippen molar-refractivity contribution in [3.05, 3.63) is 17.8 Å². The minimum Gasteiger partial charge on any atom is -0.465 e. The fraction of sp³-hybridized carbons (Fsp3) is 0.611. The van der Waals surface area contributed by atoms with Gasteiger partial charge < -0.3 is 14.8 Å². The van der Waals surface area contributed by atoms with Crippen molar-refractivity contribution in [3.8, 4) is 0 Å². The van der Waals surface area contributed by atoms with Gasteiger partial charge in [0.1, 0.15) is 5.52 Å². The zero-order valence-corrected chi connectivity index (χ0v) is 15.4. The van der Waals surface area contributed by atoms with E-state index in [1.54, 1.807) is 12.3 Å². The summed E-state index contributed by atoms with van der Waals surface area (Å²) in [5.41, 5.74) is 1.89. The number of rotatable bonds is 4. The number of aromatic nitrogens is 3. The number of anilines is 1. The second kappa shape index (κ2) is 6.85. The molecule has 2 aromatic heterocycles. The molecule has 3 atom stereocenters. The second-order valence-corrected chi connectivity index (χ2v) is 7.07. The molecule has 0 unspecified atom stereocenters. The molecule has 2 aliphatic heterocycles. The number of ether oxygens (including phenoxy) is 2. The van der Waals surface area contributed by atoms with Crippen LogP contribution in [0.2, 0.25) is 0 Å². The van der Waals surface area contributed by atoms with Crippen LogP contribution in [-0.4, -0.2) is 70.4 Å². The maximum atomic E-state index is 11.7. The number of nitrogens with zero attached hydrogens (tertiary/aromatic N) is 4. The average Bonchev–Trinajstić information content (AvgIpc) is 3.19. The first-order valence-corrected chi connectivity index (χ1v) is 9.15. The number of methoxy groups -OCH3 is 1. The molecule has 0 amide bonds. The summed E-state index contributed by atoms with van der Waals surface area (Å²) in [6.45, 7) is 7.72. The van der Waals surface area contributed by atoms with Gasteiger partial charge in [0.25, 0.3) is 0 Å². The molecule has 0 bridgehead atoms. The molecule has 1 N–H and O–H groups in total. The number of imidazole rings is 1. The van der Waals surface area contributed by atoms with Crippen LogP contribution in [0.4, 0.5) is 5.95 Å². The first-order chi connectivity index (χ1) is 12.6. The summed E-state index contributed by atoms with van der Waals surface area (Å²) in [7, 11) is 1.36. The third-order valence-corrected chi connectivity index (χ3v) is 5.25. The van der Waals surface area contributed by atoms with Gasteiger partial charge in [-0.25, -0.2) is 14.8 Å². The van der Waals surface area contributed by atoms with Crippen molar-refractivity contribution in [3.63, 3.8) is 0 Å². The van der Waals surface area contributed by atoms with E-state index in [-0.39, 0.29) is 0 Å². The number of carbonyl (C=O) groups is 1. The summed E-state index contributed by atoms with van der Waals surface area (Å²) in [6, 6.07) is 2.54. The molecule has 2 aromatic rings. The highest BCUT2D eigenvalue weighted by molar-refractivity contribution is 5.92. The van der Waals surface area contributed by atoms with Crippen molar-refractivity contribution in [2.75, 3.05) is 32.1 Å². The van der Waals surface area contributed by atoms with E-state index in [4.69, 9.17) is 9.47 Å². The topological polar surface area (TPSA) is 81.5 Å². The van der Waals surface area contributed by atoms with Crippen LogP contribution in [0.3, 0.4) is 0 Å². The maximum absolute atomic E-state index is 11.7. The molecule has 2 aliphatic rings. The fourth-order valence-corrected chi connectivity index (χ4v) is 3.98. The number of nitrogens with one attached hydrogen (secondary N) is 1. The third kappa shape index (κ3) is 3.03. The lowest BCUT2D eigenvalue weighted by Gasteiger charge is -2.33. The Morgan fingerprint density at radius 2 is 2.31 bits per heavy atom. The van der Waals surface area contributed by atoms with Crippen molar-refractivity contribution in [1.82, 2.24) is 19.4 Å². The molecule has 4 rings (SSSR count). The van der Waals surface area contributed by atoms with E-state index in [2.05, 4.69) is 34.0 Å². The summed E-state index contributed by atoms with van der Waals surface area (Å²) in [5, 5.41) is 3.58. The number of hydrogen-bond acceptors (Lipinski definition) is 7. The van der Waals surface area contributed by atoms with Crippen molar-refractivity contribution in [1.29, 1.82) is 0 Å². The molecule has 4 heterocycles. The third-order valence-electron chi connectivity index (χ3n) is 5.25. The Morgan fingerprint density at radius 3 is 3.08 bits per heavy atom. The monoisotopic (exact) mass is 359 g/mol. The van der Waals surface area contributed by atoms with Gasteiger partial charge in [0, 0.05) is 37.9 Å². The number of aryl methyl sites for hydroxylation is 1. The summed E-state index contributed by atoms with van der Waals surface area (Å²) in [6.07, 6.45) is 2.88. The lowest BCUT2D eigenvalue weighted by molar-refractivity contribution is -0.0390. The van der Waals surface area contributed by atoms with Gasteiger partial charge in [-0.1, -0.05) is 0 Å². The number of hydrogen-bond donors (Lipinski definition) is 1. The first-order valence-electron chi connectivity index (χ1n) is 9.15. The molecular weight excluding hydrogens is 334 g/mol. The first kappa shape index (κ1) is 17.2. The highest BCUT2D eigenvalue weighted by atomic mass is 16.5. The van der Waals surface area contributed by atoms with Crippen LogP contribution in [0, 0.1) is 0 Å². The van der Waals surface area contributed by atoms with E-state index in [1.807, 2.05) is 4.57 Å². The van der Waals surface area contributed by atoms with Crippen LogP contribution in [0.5, 0.6) is 0 Å². The van der Waals surface area contributed by atoms with E-state index < -0.39 is 5.97 Å². The predicted molar refractivity (Wildman–Crippen MR) is 97.3 cm³/mol. The Balaban J connectivity index is 1.57. The number of fused-ring (bicyclic) bond motifs is 2. The number of pyridine rings is 1. The molecule has 2 fully saturated rings. The number of esters is 1. The quantitative estimate of drug-likeness (QED) is 0.829. The molecule has 8 heteroatoms. The lowest BCUT2D eigenvalue weighted by atomic mass is 10.1. The Hall–Kier alpha value is -2.19. The largest absolute Gasteiger partial charge is 0.465 e. The SMILES string of the molecule is CCn1c(N[C@@H]2C[C@H]3CO[C@@H](C)CN3C2)nc2cc(C(=O)OC)cnc21. The van der Waals surface area contributed by atoms with Gasteiger partial charge in [0.15, 0.2) is 5.65 Å². The van der Waals surface area contributed by atoms with E-state index in [0.29, 0.717) is 29.3 Å². The smallest absolute Gasteiger partial charge is 0.339 e. The highest BCUT2D eigenvalue weighted by Gasteiger charge is 2.36. The normalized spacial score (nSPS) is 26.0. The zero-order chi connectivity index (χ0) is 18.3. The van der Waals surface area contributed by atoms with Crippen LogP contribution in [-0.2, 0) is 16.0 Å². The highest BCUT2D eigenvalue weighted by Crippen LogP contribution is 2.26. The van der Waals surface area contributed by atoms with E-state index in [1.165, 1.54) is 7.11 Å². The van der Waals surface area contributed by atoms with Crippen LogP contribution in [0.25, 0.3) is 11.2 Å². The average molecular weight is 359 g/mol. The molecule has 140 valence electrons. The van der Waals surface area contributed by atoms with Gasteiger partial charge in [0.05, 0.1) is 25.4 Å². The molecule has 0 aromatic carbocycles. The molecule has 0 radical (unpaired) electrons. The molecule has 26 heavy (non-hydrogen) atoms. The van der Waals surface area contributed by atoms with Gasteiger partial charge in [-0.05, 0) is 26.3 Å². The summed E-state index contributed by atoms with van der Waals surface area (Å²) >= 11 is 0. The van der Waals surface area contributed by atoms with Gasteiger partial charge in [-0.3, -0.25) is 9.47 Å². The standard InChI is InChI=1S/C18H25N5O3/c1-4-23-16-15(5-12(7-19-16)17(24)25-3)21-18(23)20-13-6-14-10-26-11(2)8-22(14)9-13/h5,7,11,13-14H,4,6,8-10H2,1-3H3,(H,20,21)/t11-,13+,14-/m0/s1. The van der Waals surface area contributed by atoms with Crippen molar-refractivity contribution < 1.29 is 14.3 Å².